The first kappa shape index (κ1) is 22.8. The molecule has 0 bridgehead atoms. The molecule has 0 unspecified atom stereocenters. The van der Waals surface area contributed by atoms with Crippen LogP contribution in [0.4, 0.5) is 4.39 Å². The number of hydrogen-bond acceptors (Lipinski definition) is 6. The average Bonchev–Trinajstić information content (AvgIpc) is 3.21. The highest BCUT2D eigenvalue weighted by atomic mass is 32.2. The summed E-state index contributed by atoms with van der Waals surface area (Å²) in [5.74, 6) is -0.663. The molecule has 2 aliphatic rings. The molecular formula is C21H27FN4O5S. The number of piperidine rings is 1. The molecule has 4 rings (SSSR count). The fraction of sp³-hybridized carbons (Fsp3) is 0.524. The van der Waals surface area contributed by atoms with Gasteiger partial charge in [0.25, 0.3) is 5.91 Å². The van der Waals surface area contributed by atoms with Crippen LogP contribution in [0, 0.1) is 5.82 Å². The summed E-state index contributed by atoms with van der Waals surface area (Å²) in [4.78, 5) is 14.6. The molecule has 3 heterocycles. The second-order valence-electron chi connectivity index (χ2n) is 8.91. The second-order valence-corrected chi connectivity index (χ2v) is 10.7. The van der Waals surface area contributed by atoms with E-state index in [1.807, 2.05) is 0 Å². The maximum absolute atomic E-state index is 14.0. The number of benzene rings is 1. The number of aliphatic hydroxyl groups is 1. The second kappa shape index (κ2) is 8.22. The van der Waals surface area contributed by atoms with Crippen molar-refractivity contribution in [1.29, 1.82) is 0 Å². The number of sulfonamides is 1. The van der Waals surface area contributed by atoms with Gasteiger partial charge in [-0.05, 0) is 44.4 Å². The van der Waals surface area contributed by atoms with E-state index in [1.54, 1.807) is 30.0 Å². The quantitative estimate of drug-likeness (QED) is 0.624. The lowest BCUT2D eigenvalue weighted by Gasteiger charge is -2.50. The molecule has 2 saturated heterocycles. The predicted molar refractivity (Wildman–Crippen MR) is 115 cm³/mol. The Morgan fingerprint density at radius 1 is 1.34 bits per heavy atom. The molecule has 9 nitrogen and oxygen atoms in total. The SMILES string of the molecule is C[C@]1(O)COC2(CCN(C(=O)c3cc(-c4ccccc4F)n[nH]3)CC2)C[C@@H]1NS(C)(=O)=O. The van der Waals surface area contributed by atoms with Crippen LogP contribution in [0.15, 0.2) is 30.3 Å². The van der Waals surface area contributed by atoms with Crippen LogP contribution in [0.2, 0.25) is 0 Å². The zero-order valence-corrected chi connectivity index (χ0v) is 18.8. The Morgan fingerprint density at radius 2 is 2.03 bits per heavy atom. The van der Waals surface area contributed by atoms with Crippen molar-refractivity contribution in [1.82, 2.24) is 19.8 Å². The number of hydrogen-bond donors (Lipinski definition) is 3. The minimum absolute atomic E-state index is 0.000676. The molecule has 11 heteroatoms. The van der Waals surface area contributed by atoms with Crippen LogP contribution in [0.25, 0.3) is 11.3 Å². The lowest BCUT2D eigenvalue weighted by molar-refractivity contribution is -0.187. The molecule has 0 aliphatic carbocycles. The normalized spacial score (nSPS) is 25.8. The Kier molecular flexibility index (Phi) is 5.86. The molecule has 1 amide bonds. The summed E-state index contributed by atoms with van der Waals surface area (Å²) in [6.45, 7) is 2.36. The number of aromatic nitrogens is 2. The summed E-state index contributed by atoms with van der Waals surface area (Å²) in [6.07, 6.45) is 2.39. The van der Waals surface area contributed by atoms with Gasteiger partial charge in [0.1, 0.15) is 17.1 Å². The summed E-state index contributed by atoms with van der Waals surface area (Å²) in [6, 6.07) is 7.08. The molecular weight excluding hydrogens is 439 g/mol. The fourth-order valence-electron chi connectivity index (χ4n) is 4.35. The third-order valence-electron chi connectivity index (χ3n) is 6.27. The highest BCUT2D eigenvalue weighted by Crippen LogP contribution is 2.38. The summed E-state index contributed by atoms with van der Waals surface area (Å²) in [7, 11) is -3.50. The maximum Gasteiger partial charge on any atom is 0.271 e. The van der Waals surface area contributed by atoms with Gasteiger partial charge < -0.3 is 14.7 Å². The number of rotatable bonds is 4. The molecule has 2 atom stereocenters. The van der Waals surface area contributed by atoms with Gasteiger partial charge in [0.2, 0.25) is 10.0 Å². The molecule has 0 saturated carbocycles. The van der Waals surface area contributed by atoms with E-state index in [1.165, 1.54) is 12.1 Å². The first-order valence-corrected chi connectivity index (χ1v) is 12.3. The summed E-state index contributed by atoms with van der Waals surface area (Å²) in [5, 5.41) is 17.3. The molecule has 2 fully saturated rings. The van der Waals surface area contributed by atoms with E-state index in [4.69, 9.17) is 4.74 Å². The van der Waals surface area contributed by atoms with E-state index < -0.39 is 33.1 Å². The van der Waals surface area contributed by atoms with Crippen molar-refractivity contribution >= 4 is 15.9 Å². The van der Waals surface area contributed by atoms with Crippen molar-refractivity contribution < 1.29 is 27.4 Å². The average molecular weight is 467 g/mol. The first-order valence-electron chi connectivity index (χ1n) is 10.4. The molecule has 1 aromatic heterocycles. The van der Waals surface area contributed by atoms with Crippen LogP contribution in [-0.4, -0.2) is 77.7 Å². The van der Waals surface area contributed by atoms with Crippen LogP contribution in [0.1, 0.15) is 36.7 Å². The highest BCUT2D eigenvalue weighted by Gasteiger charge is 2.49. The molecule has 174 valence electrons. The minimum atomic E-state index is -3.50. The van der Waals surface area contributed by atoms with E-state index in [0.717, 1.165) is 6.26 Å². The number of nitrogens with one attached hydrogen (secondary N) is 2. The van der Waals surface area contributed by atoms with E-state index in [0.29, 0.717) is 43.6 Å². The van der Waals surface area contributed by atoms with Gasteiger partial charge in [0.05, 0.1) is 30.2 Å². The standard InChI is InChI=1S/C21H27FN4O5S/c1-20(28)13-31-21(12-18(20)25-32(2,29)30)7-9-26(10-8-21)19(27)17-11-16(23-24-17)14-5-3-4-6-15(14)22/h3-6,11,18,25,28H,7-10,12-13H2,1-2H3,(H,23,24)/t18-,20-/m0/s1. The molecule has 32 heavy (non-hydrogen) atoms. The number of likely N-dealkylation sites (tertiary alicyclic amines) is 1. The topological polar surface area (TPSA) is 125 Å². The monoisotopic (exact) mass is 466 g/mol. The zero-order chi connectivity index (χ0) is 23.1. The summed E-state index contributed by atoms with van der Waals surface area (Å²) >= 11 is 0. The van der Waals surface area contributed by atoms with Crippen LogP contribution in [0.3, 0.4) is 0 Å². The van der Waals surface area contributed by atoms with Gasteiger partial charge in [-0.15, -0.1) is 0 Å². The van der Waals surface area contributed by atoms with Gasteiger partial charge >= 0.3 is 0 Å². The van der Waals surface area contributed by atoms with E-state index in [9.17, 15) is 22.7 Å². The third kappa shape index (κ3) is 4.70. The van der Waals surface area contributed by atoms with Gasteiger partial charge in [0.15, 0.2) is 0 Å². The summed E-state index contributed by atoms with van der Waals surface area (Å²) < 4.78 is 46.0. The number of aromatic amines is 1. The lowest BCUT2D eigenvalue weighted by atomic mass is 9.78. The number of nitrogens with zero attached hydrogens (tertiary/aromatic N) is 2. The molecule has 0 radical (unpaired) electrons. The number of carbonyl (C=O) groups excluding carboxylic acids is 1. The van der Waals surface area contributed by atoms with Gasteiger partial charge in [-0.2, -0.15) is 5.10 Å². The van der Waals surface area contributed by atoms with Crippen molar-refractivity contribution in [3.8, 4) is 11.3 Å². The Balaban J connectivity index is 1.43. The molecule has 1 aromatic carbocycles. The van der Waals surface area contributed by atoms with Crippen molar-refractivity contribution in [2.24, 2.45) is 0 Å². The Labute approximate surface area is 186 Å². The van der Waals surface area contributed by atoms with E-state index in [2.05, 4.69) is 14.9 Å². The maximum atomic E-state index is 14.0. The van der Waals surface area contributed by atoms with Crippen LogP contribution < -0.4 is 4.72 Å². The van der Waals surface area contributed by atoms with Crippen molar-refractivity contribution in [3.05, 3.63) is 41.8 Å². The number of halogens is 1. The van der Waals surface area contributed by atoms with Gasteiger partial charge in [-0.25, -0.2) is 17.5 Å². The van der Waals surface area contributed by atoms with Gasteiger partial charge in [-0.1, -0.05) is 12.1 Å². The van der Waals surface area contributed by atoms with E-state index >= 15 is 0 Å². The molecule has 2 aliphatic heterocycles. The Hall–Kier alpha value is -2.34. The van der Waals surface area contributed by atoms with E-state index in [-0.39, 0.29) is 18.2 Å². The zero-order valence-electron chi connectivity index (χ0n) is 18.0. The third-order valence-corrected chi connectivity index (χ3v) is 6.99. The predicted octanol–water partition coefficient (Wildman–Crippen LogP) is 1.28. The smallest absolute Gasteiger partial charge is 0.271 e. The van der Waals surface area contributed by atoms with Crippen molar-refractivity contribution in [3.63, 3.8) is 0 Å². The minimum Gasteiger partial charge on any atom is -0.386 e. The van der Waals surface area contributed by atoms with Crippen LogP contribution in [0.5, 0.6) is 0 Å². The largest absolute Gasteiger partial charge is 0.386 e. The van der Waals surface area contributed by atoms with Crippen molar-refractivity contribution in [2.45, 2.75) is 43.4 Å². The number of carbonyl (C=O) groups is 1. The number of H-pyrrole nitrogens is 1. The molecule has 3 N–H and O–H groups in total. The molecule has 1 spiro atoms. The van der Waals surface area contributed by atoms with Crippen LogP contribution >= 0.6 is 0 Å². The number of amides is 1. The number of ether oxygens (including phenoxy) is 1. The Morgan fingerprint density at radius 3 is 2.69 bits per heavy atom. The van der Waals surface area contributed by atoms with Crippen molar-refractivity contribution in [2.75, 3.05) is 26.0 Å². The fourth-order valence-corrected chi connectivity index (χ4v) is 5.21. The Bertz CT molecular complexity index is 1110. The van der Waals surface area contributed by atoms with Gasteiger partial charge in [0, 0.05) is 18.7 Å². The first-order chi connectivity index (χ1) is 15.0. The summed E-state index contributed by atoms with van der Waals surface area (Å²) in [5.41, 5.74) is -1.00. The van der Waals surface area contributed by atoms with Gasteiger partial charge in [-0.3, -0.25) is 9.89 Å². The van der Waals surface area contributed by atoms with Crippen LogP contribution in [-0.2, 0) is 14.8 Å². The molecule has 2 aromatic rings. The lowest BCUT2D eigenvalue weighted by Crippen LogP contribution is -2.64. The highest BCUT2D eigenvalue weighted by molar-refractivity contribution is 7.88.